The summed E-state index contributed by atoms with van der Waals surface area (Å²) < 4.78 is 0. The first kappa shape index (κ1) is 20.6. The third-order valence-corrected chi connectivity index (χ3v) is 6.82. The molecule has 3 aliphatic heterocycles. The molecule has 2 fully saturated rings. The van der Waals surface area contributed by atoms with Crippen LogP contribution in [0.4, 0.5) is 0 Å². The normalized spacial score (nSPS) is 31.2. The zero-order valence-corrected chi connectivity index (χ0v) is 18.6. The van der Waals surface area contributed by atoms with Crippen molar-refractivity contribution in [3.63, 3.8) is 0 Å². The molecule has 1 aromatic rings. The van der Waals surface area contributed by atoms with Gasteiger partial charge in [-0.05, 0) is 56.8 Å². The van der Waals surface area contributed by atoms with Gasteiger partial charge in [0.05, 0.1) is 23.8 Å². The van der Waals surface area contributed by atoms with Gasteiger partial charge < -0.3 is 10.2 Å². The Hall–Kier alpha value is -3.29. The standard InChI is InChI=1S/C24H29N7O/c1-16-7-9-22(31-27-13-14-28-31)23(29-16)24(32)30-18-8-10-21(30)17(15-18)11-12-26-20-6-4-3-5-19(20)25-2/h3-7,9,13-14,16-18,21,29H,8,10-12,15H2,1-2H3. The van der Waals surface area contributed by atoms with E-state index in [0.29, 0.717) is 23.4 Å². The van der Waals surface area contributed by atoms with Gasteiger partial charge >= 0.3 is 0 Å². The molecule has 1 amide bonds. The van der Waals surface area contributed by atoms with E-state index in [-0.39, 0.29) is 18.0 Å². The van der Waals surface area contributed by atoms with Crippen LogP contribution in [0.2, 0.25) is 0 Å². The maximum absolute atomic E-state index is 13.7. The highest BCUT2D eigenvalue weighted by molar-refractivity contribution is 6.51. The molecule has 0 aromatic carbocycles. The predicted molar refractivity (Wildman–Crippen MR) is 125 cm³/mol. The molecule has 4 unspecified atom stereocenters. The minimum atomic E-state index is 0.0653. The fraction of sp³-hybridized carbons (Fsp3) is 0.458. The molecule has 8 heteroatoms. The zero-order chi connectivity index (χ0) is 22.1. The summed E-state index contributed by atoms with van der Waals surface area (Å²) in [6.07, 6.45) is 19.4. The van der Waals surface area contributed by atoms with E-state index < -0.39 is 0 Å². The van der Waals surface area contributed by atoms with Gasteiger partial charge in [-0.15, -0.1) is 4.80 Å². The summed E-state index contributed by atoms with van der Waals surface area (Å²) >= 11 is 0. The molecule has 1 aromatic heterocycles. The van der Waals surface area contributed by atoms with Gasteiger partial charge in [-0.25, -0.2) is 0 Å². The van der Waals surface area contributed by atoms with Crippen molar-refractivity contribution in [2.24, 2.45) is 15.9 Å². The number of aromatic nitrogens is 3. The number of allylic oxidation sites excluding steroid dienone is 6. The van der Waals surface area contributed by atoms with Crippen molar-refractivity contribution >= 4 is 23.0 Å². The molecule has 2 bridgehead atoms. The first-order valence-corrected chi connectivity index (χ1v) is 11.4. The Morgan fingerprint density at radius 2 is 1.94 bits per heavy atom. The van der Waals surface area contributed by atoms with Gasteiger partial charge in [-0.2, -0.15) is 10.2 Å². The Bertz CT molecular complexity index is 1060. The van der Waals surface area contributed by atoms with Crippen LogP contribution in [-0.2, 0) is 4.79 Å². The highest BCUT2D eigenvalue weighted by Gasteiger charge is 2.49. The summed E-state index contributed by atoms with van der Waals surface area (Å²) in [5.41, 5.74) is 3.17. The second kappa shape index (κ2) is 8.68. The van der Waals surface area contributed by atoms with Gasteiger partial charge in [0.2, 0.25) is 0 Å². The van der Waals surface area contributed by atoms with E-state index in [1.807, 2.05) is 43.4 Å². The number of amides is 1. The first-order valence-electron chi connectivity index (χ1n) is 11.4. The monoisotopic (exact) mass is 431 g/mol. The lowest BCUT2D eigenvalue weighted by Crippen LogP contribution is -2.44. The maximum Gasteiger partial charge on any atom is 0.272 e. The third-order valence-electron chi connectivity index (χ3n) is 6.82. The molecule has 1 aliphatic carbocycles. The minimum Gasteiger partial charge on any atom is -0.373 e. The van der Waals surface area contributed by atoms with Crippen molar-refractivity contribution in [3.05, 3.63) is 54.5 Å². The summed E-state index contributed by atoms with van der Waals surface area (Å²) in [6.45, 7) is 2.80. The summed E-state index contributed by atoms with van der Waals surface area (Å²) in [6, 6.07) is 0.668. The van der Waals surface area contributed by atoms with Crippen LogP contribution in [-0.4, -0.2) is 68.9 Å². The number of dihydropyridines is 1. The average Bonchev–Trinajstić information content (AvgIpc) is 3.56. The fourth-order valence-electron chi connectivity index (χ4n) is 5.35. The summed E-state index contributed by atoms with van der Waals surface area (Å²) in [7, 11) is 1.80. The lowest BCUT2D eigenvalue weighted by Gasteiger charge is -2.29. The fourth-order valence-corrected chi connectivity index (χ4v) is 5.35. The Kier molecular flexibility index (Phi) is 5.59. The van der Waals surface area contributed by atoms with Crippen LogP contribution in [0, 0.1) is 5.92 Å². The number of rotatable bonds is 5. The number of nitrogens with zero attached hydrogens (tertiary/aromatic N) is 6. The van der Waals surface area contributed by atoms with Crippen molar-refractivity contribution < 1.29 is 4.79 Å². The molecule has 4 heterocycles. The summed E-state index contributed by atoms with van der Waals surface area (Å²) in [4.78, 5) is 26.4. The Morgan fingerprint density at radius 3 is 2.72 bits per heavy atom. The van der Waals surface area contributed by atoms with E-state index >= 15 is 0 Å². The Morgan fingerprint density at radius 1 is 1.16 bits per heavy atom. The highest BCUT2D eigenvalue weighted by atomic mass is 16.2. The largest absolute Gasteiger partial charge is 0.373 e. The smallest absolute Gasteiger partial charge is 0.272 e. The van der Waals surface area contributed by atoms with E-state index in [2.05, 4.69) is 25.4 Å². The third kappa shape index (κ3) is 3.74. The van der Waals surface area contributed by atoms with Crippen LogP contribution in [0.3, 0.4) is 0 Å². The number of hydrogen-bond donors (Lipinski definition) is 1. The number of hydrogen-bond acceptors (Lipinski definition) is 6. The molecule has 1 N–H and O–H groups in total. The number of nitrogens with one attached hydrogen (secondary N) is 1. The first-order chi connectivity index (χ1) is 15.7. The Labute approximate surface area is 188 Å². The van der Waals surface area contributed by atoms with E-state index in [4.69, 9.17) is 4.99 Å². The predicted octanol–water partition coefficient (Wildman–Crippen LogP) is 2.40. The molecule has 0 radical (unpaired) electrons. The van der Waals surface area contributed by atoms with Gasteiger partial charge in [0, 0.05) is 31.7 Å². The van der Waals surface area contributed by atoms with Crippen LogP contribution < -0.4 is 5.32 Å². The van der Waals surface area contributed by atoms with Crippen molar-refractivity contribution in [2.75, 3.05) is 13.6 Å². The van der Waals surface area contributed by atoms with Crippen molar-refractivity contribution in [1.82, 2.24) is 25.2 Å². The van der Waals surface area contributed by atoms with Crippen molar-refractivity contribution in [3.8, 4) is 0 Å². The molecule has 0 spiro atoms. The van der Waals surface area contributed by atoms with Crippen LogP contribution in [0.15, 0.2) is 64.5 Å². The van der Waals surface area contributed by atoms with Gasteiger partial charge in [0.1, 0.15) is 11.4 Å². The lowest BCUT2D eigenvalue weighted by atomic mass is 9.87. The quantitative estimate of drug-likeness (QED) is 0.725. The SMILES string of the molecule is CN=C1C=CC=CC1=NCCC1CC2CCC1N2C(=O)C1=C(n2nccn2)C=CC(C)N1. The molecular formula is C24H29N7O. The van der Waals surface area contributed by atoms with E-state index in [0.717, 1.165) is 43.7 Å². The van der Waals surface area contributed by atoms with Crippen LogP contribution >= 0.6 is 0 Å². The van der Waals surface area contributed by atoms with Crippen LogP contribution in [0.5, 0.6) is 0 Å². The topological polar surface area (TPSA) is 87.8 Å². The second-order valence-corrected chi connectivity index (χ2v) is 8.76. The van der Waals surface area contributed by atoms with E-state index in [1.54, 1.807) is 19.4 Å². The summed E-state index contributed by atoms with van der Waals surface area (Å²) in [5.74, 6) is 0.547. The van der Waals surface area contributed by atoms with Gasteiger partial charge in [0.25, 0.3) is 5.91 Å². The number of fused-ring (bicyclic) bond motifs is 2. The molecule has 32 heavy (non-hydrogen) atoms. The molecule has 166 valence electrons. The molecular weight excluding hydrogens is 402 g/mol. The molecule has 4 atom stereocenters. The average molecular weight is 432 g/mol. The molecule has 4 aliphatic rings. The number of carbonyl (C=O) groups is 1. The van der Waals surface area contributed by atoms with Gasteiger partial charge in [-0.3, -0.25) is 14.8 Å². The van der Waals surface area contributed by atoms with Crippen molar-refractivity contribution in [2.45, 2.75) is 50.7 Å². The van der Waals surface area contributed by atoms with E-state index in [1.165, 1.54) is 4.80 Å². The van der Waals surface area contributed by atoms with Crippen molar-refractivity contribution in [1.29, 1.82) is 0 Å². The van der Waals surface area contributed by atoms with Crippen LogP contribution in [0.25, 0.3) is 5.70 Å². The number of aliphatic imine (C=N–C) groups is 2. The van der Waals surface area contributed by atoms with Gasteiger partial charge in [0.15, 0.2) is 0 Å². The zero-order valence-electron chi connectivity index (χ0n) is 18.6. The molecule has 8 nitrogen and oxygen atoms in total. The number of carbonyl (C=O) groups excluding carboxylic acids is 1. The molecule has 0 saturated carbocycles. The highest BCUT2D eigenvalue weighted by Crippen LogP contribution is 2.44. The lowest BCUT2D eigenvalue weighted by molar-refractivity contribution is -0.129. The Balaban J connectivity index is 1.31. The van der Waals surface area contributed by atoms with Crippen LogP contribution in [0.1, 0.15) is 32.6 Å². The molecule has 5 rings (SSSR count). The minimum absolute atomic E-state index is 0.0653. The summed E-state index contributed by atoms with van der Waals surface area (Å²) in [5, 5.41) is 11.8. The van der Waals surface area contributed by atoms with Gasteiger partial charge in [-0.1, -0.05) is 18.2 Å². The second-order valence-electron chi connectivity index (χ2n) is 8.76. The maximum atomic E-state index is 13.7. The van der Waals surface area contributed by atoms with E-state index in [9.17, 15) is 4.79 Å². The molecule has 2 saturated heterocycles.